The summed E-state index contributed by atoms with van der Waals surface area (Å²) in [4.78, 5) is 30.1. The molecule has 2 saturated heterocycles. The van der Waals surface area contributed by atoms with E-state index in [0.29, 0.717) is 31.2 Å². The maximum Gasteiger partial charge on any atom is 0.243 e. The van der Waals surface area contributed by atoms with Crippen molar-refractivity contribution >= 4 is 27.5 Å². The van der Waals surface area contributed by atoms with Gasteiger partial charge in [0, 0.05) is 43.8 Å². The molecule has 4 aliphatic rings. The minimum atomic E-state index is -3.70. The molecule has 1 aromatic carbocycles. The number of fused-ring (bicyclic) bond motifs is 1. The van der Waals surface area contributed by atoms with Crippen molar-refractivity contribution in [1.29, 1.82) is 0 Å². The van der Waals surface area contributed by atoms with Crippen LogP contribution < -0.4 is 4.90 Å². The molecule has 3 fully saturated rings. The summed E-state index contributed by atoms with van der Waals surface area (Å²) in [5.41, 5.74) is 1.77. The van der Waals surface area contributed by atoms with E-state index in [4.69, 9.17) is 0 Å². The summed E-state index contributed by atoms with van der Waals surface area (Å²) >= 11 is 0. The Kier molecular flexibility index (Phi) is 6.25. The normalized spacial score (nSPS) is 30.3. The van der Waals surface area contributed by atoms with Gasteiger partial charge in [0.15, 0.2) is 0 Å². The Labute approximate surface area is 203 Å². The molecule has 3 aliphatic heterocycles. The van der Waals surface area contributed by atoms with Crippen molar-refractivity contribution in [3.05, 3.63) is 23.8 Å². The Balaban J connectivity index is 1.32. The molecule has 1 aromatic rings. The maximum absolute atomic E-state index is 13.6. The fourth-order valence-electron chi connectivity index (χ4n) is 6.24. The van der Waals surface area contributed by atoms with Crippen LogP contribution in [0.1, 0.15) is 58.4 Å². The van der Waals surface area contributed by atoms with Crippen molar-refractivity contribution in [3.8, 4) is 0 Å². The summed E-state index contributed by atoms with van der Waals surface area (Å²) in [6.45, 7) is 8.62. The van der Waals surface area contributed by atoms with Crippen molar-refractivity contribution < 1.29 is 18.0 Å². The monoisotopic (exact) mass is 487 g/mol. The molecule has 34 heavy (non-hydrogen) atoms. The highest BCUT2D eigenvalue weighted by molar-refractivity contribution is 7.89. The molecular weight excluding hydrogens is 450 g/mol. The van der Waals surface area contributed by atoms with Crippen molar-refractivity contribution in [1.82, 2.24) is 9.21 Å². The van der Waals surface area contributed by atoms with E-state index >= 15 is 0 Å². The number of carbonyl (C=O) groups excluding carboxylic acids is 2. The maximum atomic E-state index is 13.6. The first kappa shape index (κ1) is 23.8. The number of likely N-dealkylation sites (tertiary alicyclic amines) is 1. The van der Waals surface area contributed by atoms with E-state index in [1.807, 2.05) is 16.7 Å². The largest absolute Gasteiger partial charge is 0.342 e. The second kappa shape index (κ2) is 8.94. The van der Waals surface area contributed by atoms with Crippen molar-refractivity contribution in [2.75, 3.05) is 31.1 Å². The van der Waals surface area contributed by atoms with Gasteiger partial charge in [0.05, 0.1) is 10.8 Å². The number of hydrogen-bond acceptors (Lipinski definition) is 4. The Morgan fingerprint density at radius 2 is 1.62 bits per heavy atom. The third-order valence-electron chi connectivity index (χ3n) is 7.98. The standard InChI is InChI=1S/C26H37N3O4S/c1-17-11-18(2)15-27(14-17)25(30)21-5-4-10-28(16-21)34(32,33)23-8-9-24-22(13-23)12-19(3)29(24)26(31)20-6-7-20/h8-9,13,17-21H,4-7,10-12,14-16H2,1-3H3/t17-,18+,19-,21-/m0/s1. The molecule has 1 saturated carbocycles. The van der Waals surface area contributed by atoms with Crippen LogP contribution in [-0.4, -0.2) is 61.7 Å². The number of nitrogens with zero attached hydrogens (tertiary/aromatic N) is 3. The minimum absolute atomic E-state index is 0.0485. The second-order valence-electron chi connectivity index (χ2n) is 11.2. The van der Waals surface area contributed by atoms with Gasteiger partial charge in [-0.3, -0.25) is 9.59 Å². The number of amides is 2. The first-order valence-electron chi connectivity index (χ1n) is 12.9. The molecule has 0 spiro atoms. The van der Waals surface area contributed by atoms with Gasteiger partial charge in [-0.05, 0) is 81.0 Å². The van der Waals surface area contributed by atoms with Gasteiger partial charge in [0.1, 0.15) is 0 Å². The first-order chi connectivity index (χ1) is 16.1. The Morgan fingerprint density at radius 3 is 2.29 bits per heavy atom. The van der Waals surface area contributed by atoms with Crippen LogP contribution >= 0.6 is 0 Å². The van der Waals surface area contributed by atoms with Crippen LogP contribution in [0.15, 0.2) is 23.1 Å². The molecule has 0 bridgehead atoms. The van der Waals surface area contributed by atoms with Crippen LogP contribution in [0.3, 0.4) is 0 Å². The number of benzene rings is 1. The molecule has 0 radical (unpaired) electrons. The van der Waals surface area contributed by atoms with E-state index in [-0.39, 0.29) is 41.1 Å². The van der Waals surface area contributed by atoms with Gasteiger partial charge >= 0.3 is 0 Å². The van der Waals surface area contributed by atoms with E-state index < -0.39 is 10.0 Å². The summed E-state index contributed by atoms with van der Waals surface area (Å²) in [6.07, 6.45) is 5.14. The van der Waals surface area contributed by atoms with E-state index in [2.05, 4.69) is 13.8 Å². The lowest BCUT2D eigenvalue weighted by atomic mass is 9.90. The molecule has 3 heterocycles. The van der Waals surface area contributed by atoms with E-state index in [9.17, 15) is 18.0 Å². The highest BCUT2D eigenvalue weighted by Crippen LogP contribution is 2.40. The molecule has 186 valence electrons. The topological polar surface area (TPSA) is 78.0 Å². The van der Waals surface area contributed by atoms with Crippen molar-refractivity contribution in [2.45, 2.75) is 70.2 Å². The van der Waals surface area contributed by atoms with Gasteiger partial charge in [-0.2, -0.15) is 4.31 Å². The smallest absolute Gasteiger partial charge is 0.243 e. The molecule has 4 atom stereocenters. The van der Waals surface area contributed by atoms with Crippen LogP contribution in [0.4, 0.5) is 5.69 Å². The molecule has 0 aromatic heterocycles. The molecule has 0 unspecified atom stereocenters. The lowest BCUT2D eigenvalue weighted by Crippen LogP contribution is -2.50. The zero-order valence-corrected chi connectivity index (χ0v) is 21.4. The summed E-state index contributed by atoms with van der Waals surface area (Å²) < 4.78 is 28.6. The fraction of sp³-hybridized carbons (Fsp3) is 0.692. The molecule has 1 aliphatic carbocycles. The third-order valence-corrected chi connectivity index (χ3v) is 9.84. The highest BCUT2D eigenvalue weighted by atomic mass is 32.2. The van der Waals surface area contributed by atoms with Crippen LogP contribution in [-0.2, 0) is 26.0 Å². The van der Waals surface area contributed by atoms with Gasteiger partial charge in [-0.1, -0.05) is 13.8 Å². The van der Waals surface area contributed by atoms with Gasteiger partial charge in [-0.15, -0.1) is 0 Å². The van der Waals surface area contributed by atoms with E-state index in [1.54, 1.807) is 18.2 Å². The van der Waals surface area contributed by atoms with Gasteiger partial charge in [-0.25, -0.2) is 8.42 Å². The Bertz CT molecular complexity index is 1070. The average Bonchev–Trinajstić information content (AvgIpc) is 3.59. The van der Waals surface area contributed by atoms with Crippen LogP contribution in [0.2, 0.25) is 0 Å². The molecule has 0 N–H and O–H groups in total. The predicted octanol–water partition coefficient (Wildman–Crippen LogP) is 3.28. The average molecular weight is 488 g/mol. The minimum Gasteiger partial charge on any atom is -0.342 e. The van der Waals surface area contributed by atoms with Crippen LogP contribution in [0, 0.1) is 23.7 Å². The summed E-state index contributed by atoms with van der Waals surface area (Å²) in [5, 5.41) is 0. The quantitative estimate of drug-likeness (QED) is 0.653. The van der Waals surface area contributed by atoms with Crippen LogP contribution in [0.5, 0.6) is 0 Å². The second-order valence-corrected chi connectivity index (χ2v) is 13.2. The van der Waals surface area contributed by atoms with E-state index in [0.717, 1.165) is 50.0 Å². The first-order valence-corrected chi connectivity index (χ1v) is 14.3. The van der Waals surface area contributed by atoms with E-state index in [1.165, 1.54) is 4.31 Å². The van der Waals surface area contributed by atoms with Crippen molar-refractivity contribution in [2.24, 2.45) is 23.7 Å². The Morgan fingerprint density at radius 1 is 0.912 bits per heavy atom. The van der Waals surface area contributed by atoms with Gasteiger partial charge in [0.2, 0.25) is 21.8 Å². The lowest BCUT2D eigenvalue weighted by molar-refractivity contribution is -0.139. The Hall–Kier alpha value is -1.93. The third kappa shape index (κ3) is 4.39. The molecule has 5 rings (SSSR count). The predicted molar refractivity (Wildman–Crippen MR) is 131 cm³/mol. The summed E-state index contributed by atoms with van der Waals surface area (Å²) in [7, 11) is -3.70. The molecular formula is C26H37N3O4S. The zero-order chi connectivity index (χ0) is 24.2. The number of piperidine rings is 2. The lowest BCUT2D eigenvalue weighted by Gasteiger charge is -2.39. The number of rotatable bonds is 4. The number of anilines is 1. The summed E-state index contributed by atoms with van der Waals surface area (Å²) in [6, 6.07) is 5.24. The zero-order valence-electron chi connectivity index (χ0n) is 20.6. The van der Waals surface area contributed by atoms with Crippen LogP contribution in [0.25, 0.3) is 0 Å². The number of sulfonamides is 1. The van der Waals surface area contributed by atoms with Gasteiger partial charge < -0.3 is 9.80 Å². The van der Waals surface area contributed by atoms with Gasteiger partial charge in [0.25, 0.3) is 0 Å². The number of hydrogen-bond donors (Lipinski definition) is 0. The summed E-state index contributed by atoms with van der Waals surface area (Å²) in [5.74, 6) is 1.09. The fourth-order valence-corrected chi connectivity index (χ4v) is 7.82. The molecule has 7 nitrogen and oxygen atoms in total. The molecule has 8 heteroatoms. The SMILES string of the molecule is C[C@@H]1C[C@H](C)CN(C(=O)[C@H]2CCCN(S(=O)(=O)c3ccc4c(c3)C[C@H](C)N4C(=O)C3CC3)C2)C1. The number of carbonyl (C=O) groups is 2. The van der Waals surface area contributed by atoms with Crippen molar-refractivity contribution in [3.63, 3.8) is 0 Å². The molecule has 2 amide bonds. The highest BCUT2D eigenvalue weighted by Gasteiger charge is 2.41.